The zero-order chi connectivity index (χ0) is 15.5. The number of hydrogen-bond acceptors (Lipinski definition) is 6. The van der Waals surface area contributed by atoms with Crippen LogP contribution in [0.2, 0.25) is 0 Å². The summed E-state index contributed by atoms with van der Waals surface area (Å²) in [6.45, 7) is 3.23. The van der Waals surface area contributed by atoms with Crippen molar-refractivity contribution in [1.82, 2.24) is 10.3 Å². The second kappa shape index (κ2) is 10.1. The third kappa shape index (κ3) is 6.54. The first-order valence-corrected chi connectivity index (χ1v) is 6.77. The molecular weight excluding hydrogens is 274 g/mol. The second-order valence-corrected chi connectivity index (χ2v) is 4.40. The molecule has 0 spiro atoms. The Bertz CT molecular complexity index is 411. The molecule has 1 amide bonds. The summed E-state index contributed by atoms with van der Waals surface area (Å²) in [5, 5.41) is 8.99. The first kappa shape index (κ1) is 17.4. The van der Waals surface area contributed by atoms with Crippen LogP contribution in [0.15, 0.2) is 24.3 Å². The van der Waals surface area contributed by atoms with E-state index in [0.29, 0.717) is 37.6 Å². The van der Waals surface area contributed by atoms with E-state index in [9.17, 15) is 4.79 Å². The highest BCUT2D eigenvalue weighted by atomic mass is 16.5. The Morgan fingerprint density at radius 2 is 1.90 bits per heavy atom. The number of nitrogens with two attached hydrogens (primary N) is 1. The van der Waals surface area contributed by atoms with Gasteiger partial charge in [0.1, 0.15) is 12.4 Å². The molecular formula is C14H23N3O4. The molecule has 21 heavy (non-hydrogen) atoms. The lowest BCUT2D eigenvalue weighted by Crippen LogP contribution is -2.33. The number of nitrogens with zero attached hydrogens (tertiary/aromatic N) is 1. The molecule has 7 nitrogen and oxygen atoms in total. The number of methoxy groups -OCH3 is 1. The van der Waals surface area contributed by atoms with Crippen LogP contribution >= 0.6 is 0 Å². The number of amides is 1. The number of hydrazine groups is 1. The van der Waals surface area contributed by atoms with E-state index in [1.54, 1.807) is 31.4 Å². The molecule has 0 heterocycles. The van der Waals surface area contributed by atoms with Gasteiger partial charge in [0.25, 0.3) is 5.91 Å². The highest BCUT2D eigenvalue weighted by molar-refractivity contribution is 5.93. The molecule has 0 saturated carbocycles. The van der Waals surface area contributed by atoms with Gasteiger partial charge in [-0.05, 0) is 24.3 Å². The third-order valence-corrected chi connectivity index (χ3v) is 2.95. The summed E-state index contributed by atoms with van der Waals surface area (Å²) in [7, 11) is 1.65. The number of carbonyl (C=O) groups excluding carboxylic acids is 1. The van der Waals surface area contributed by atoms with Crippen LogP contribution in [0, 0.1) is 0 Å². The van der Waals surface area contributed by atoms with E-state index in [-0.39, 0.29) is 12.5 Å². The molecule has 4 N–H and O–H groups in total. The Hall–Kier alpha value is -1.67. The Kier molecular flexibility index (Phi) is 8.37. The van der Waals surface area contributed by atoms with E-state index in [1.807, 2.05) is 0 Å². The molecule has 7 heteroatoms. The fourth-order valence-corrected chi connectivity index (χ4v) is 1.78. The number of aliphatic hydroxyl groups is 1. The summed E-state index contributed by atoms with van der Waals surface area (Å²) in [4.78, 5) is 13.3. The lowest BCUT2D eigenvalue weighted by Gasteiger charge is -2.20. The Morgan fingerprint density at radius 1 is 1.24 bits per heavy atom. The van der Waals surface area contributed by atoms with Gasteiger partial charge < -0.3 is 14.6 Å². The lowest BCUT2D eigenvalue weighted by molar-refractivity contribution is 0.0953. The zero-order valence-corrected chi connectivity index (χ0v) is 12.2. The van der Waals surface area contributed by atoms with E-state index in [2.05, 4.69) is 10.3 Å². The average Bonchev–Trinajstić information content (AvgIpc) is 2.52. The molecule has 118 valence electrons. The Morgan fingerprint density at radius 3 is 2.48 bits per heavy atom. The van der Waals surface area contributed by atoms with E-state index >= 15 is 0 Å². The molecule has 1 aromatic carbocycles. The fourth-order valence-electron chi connectivity index (χ4n) is 1.78. The van der Waals surface area contributed by atoms with E-state index in [4.69, 9.17) is 20.4 Å². The molecule has 0 aromatic heterocycles. The Balaban J connectivity index is 2.38. The van der Waals surface area contributed by atoms with Gasteiger partial charge in [0, 0.05) is 32.3 Å². The van der Waals surface area contributed by atoms with Gasteiger partial charge in [-0.2, -0.15) is 0 Å². The molecule has 0 aliphatic heterocycles. The smallest absolute Gasteiger partial charge is 0.265 e. The maximum absolute atomic E-state index is 11.3. The monoisotopic (exact) mass is 297 g/mol. The molecule has 0 unspecified atom stereocenters. The summed E-state index contributed by atoms with van der Waals surface area (Å²) in [6.07, 6.45) is 0. The van der Waals surface area contributed by atoms with Crippen LogP contribution in [-0.2, 0) is 4.74 Å². The van der Waals surface area contributed by atoms with Crippen LogP contribution in [0.3, 0.4) is 0 Å². The van der Waals surface area contributed by atoms with E-state index in [1.165, 1.54) is 0 Å². The summed E-state index contributed by atoms with van der Waals surface area (Å²) in [5.74, 6) is 5.40. The van der Waals surface area contributed by atoms with Crippen molar-refractivity contribution in [3.8, 4) is 5.75 Å². The molecule has 0 saturated heterocycles. The van der Waals surface area contributed by atoms with Gasteiger partial charge in [-0.3, -0.25) is 15.1 Å². The number of rotatable bonds is 10. The summed E-state index contributed by atoms with van der Waals surface area (Å²) in [5.41, 5.74) is 2.55. The summed E-state index contributed by atoms with van der Waals surface area (Å²) in [6, 6.07) is 6.73. The van der Waals surface area contributed by atoms with Crippen molar-refractivity contribution in [2.75, 3.05) is 46.6 Å². The summed E-state index contributed by atoms with van der Waals surface area (Å²) >= 11 is 0. The van der Waals surface area contributed by atoms with Crippen molar-refractivity contribution >= 4 is 5.91 Å². The van der Waals surface area contributed by atoms with Crippen LogP contribution in [0.5, 0.6) is 5.75 Å². The van der Waals surface area contributed by atoms with Crippen molar-refractivity contribution < 1.29 is 19.4 Å². The highest BCUT2D eigenvalue weighted by Crippen LogP contribution is 2.12. The van der Waals surface area contributed by atoms with Gasteiger partial charge in [0.05, 0.1) is 13.2 Å². The highest BCUT2D eigenvalue weighted by Gasteiger charge is 2.05. The molecule has 0 atom stereocenters. The number of hydrogen-bond donors (Lipinski definition) is 3. The van der Waals surface area contributed by atoms with Crippen LogP contribution in [-0.4, -0.2) is 62.5 Å². The quantitative estimate of drug-likeness (QED) is 0.309. The van der Waals surface area contributed by atoms with Crippen molar-refractivity contribution in [3.05, 3.63) is 29.8 Å². The van der Waals surface area contributed by atoms with E-state index in [0.717, 1.165) is 6.54 Å². The molecule has 1 aromatic rings. The van der Waals surface area contributed by atoms with Crippen molar-refractivity contribution in [3.63, 3.8) is 0 Å². The molecule has 0 fully saturated rings. The van der Waals surface area contributed by atoms with Crippen LogP contribution in [0.25, 0.3) is 0 Å². The zero-order valence-electron chi connectivity index (χ0n) is 12.2. The SMILES string of the molecule is COCCN(CCO)CCOc1ccc(C(=O)NN)cc1. The van der Waals surface area contributed by atoms with Crippen LogP contribution in [0.4, 0.5) is 0 Å². The predicted octanol–water partition coefficient (Wildman–Crippen LogP) is -0.390. The maximum Gasteiger partial charge on any atom is 0.265 e. The van der Waals surface area contributed by atoms with Crippen LogP contribution in [0.1, 0.15) is 10.4 Å². The standard InChI is InChI=1S/C14H23N3O4/c1-20-10-7-17(6-9-18)8-11-21-13-4-2-12(3-5-13)14(19)16-15/h2-5,18H,6-11,15H2,1H3,(H,16,19). The number of nitrogens with one attached hydrogen (secondary N) is 1. The number of ether oxygens (including phenoxy) is 2. The van der Waals surface area contributed by atoms with Gasteiger partial charge >= 0.3 is 0 Å². The number of nitrogen functional groups attached to an aromatic ring is 1. The normalized spacial score (nSPS) is 10.7. The number of carbonyl (C=O) groups is 1. The van der Waals surface area contributed by atoms with Crippen molar-refractivity contribution in [2.24, 2.45) is 5.84 Å². The largest absolute Gasteiger partial charge is 0.492 e. The Labute approximate surface area is 124 Å². The van der Waals surface area contributed by atoms with Gasteiger partial charge in [0.2, 0.25) is 0 Å². The first-order valence-electron chi connectivity index (χ1n) is 6.77. The van der Waals surface area contributed by atoms with Crippen molar-refractivity contribution in [1.29, 1.82) is 0 Å². The maximum atomic E-state index is 11.3. The topological polar surface area (TPSA) is 97.0 Å². The molecule has 0 bridgehead atoms. The van der Waals surface area contributed by atoms with Gasteiger partial charge in [-0.25, -0.2) is 5.84 Å². The second-order valence-electron chi connectivity index (χ2n) is 4.40. The lowest BCUT2D eigenvalue weighted by atomic mass is 10.2. The predicted molar refractivity (Wildman–Crippen MR) is 79.0 cm³/mol. The van der Waals surface area contributed by atoms with Crippen LogP contribution < -0.4 is 16.0 Å². The average molecular weight is 297 g/mol. The van der Waals surface area contributed by atoms with Gasteiger partial charge in [-0.1, -0.05) is 0 Å². The van der Waals surface area contributed by atoms with Gasteiger partial charge in [-0.15, -0.1) is 0 Å². The molecule has 0 radical (unpaired) electrons. The first-order chi connectivity index (χ1) is 10.2. The molecule has 0 aliphatic carbocycles. The van der Waals surface area contributed by atoms with Crippen molar-refractivity contribution in [2.45, 2.75) is 0 Å². The fraction of sp³-hybridized carbons (Fsp3) is 0.500. The third-order valence-electron chi connectivity index (χ3n) is 2.95. The number of aliphatic hydroxyl groups excluding tert-OH is 1. The molecule has 1 rings (SSSR count). The minimum absolute atomic E-state index is 0.104. The minimum Gasteiger partial charge on any atom is -0.492 e. The van der Waals surface area contributed by atoms with E-state index < -0.39 is 0 Å². The minimum atomic E-state index is -0.338. The molecule has 0 aliphatic rings. The summed E-state index contributed by atoms with van der Waals surface area (Å²) < 4.78 is 10.6. The van der Waals surface area contributed by atoms with Gasteiger partial charge in [0.15, 0.2) is 0 Å². The number of benzene rings is 1.